The van der Waals surface area contributed by atoms with E-state index in [0.29, 0.717) is 16.7 Å². The van der Waals surface area contributed by atoms with Crippen LogP contribution in [0.2, 0.25) is 0 Å². The maximum Gasteiger partial charge on any atom is 0.446 e. The molecule has 0 radical (unpaired) electrons. The molecule has 1 aromatic heterocycles. The average Bonchev–Trinajstić information content (AvgIpc) is 3.00. The van der Waals surface area contributed by atoms with Gasteiger partial charge in [-0.05, 0) is 43.2 Å². The first-order chi connectivity index (χ1) is 12.8. The summed E-state index contributed by atoms with van der Waals surface area (Å²) in [5, 5.41) is 1.84. The zero-order valence-corrected chi connectivity index (χ0v) is 18.9. The Morgan fingerprint density at radius 1 is 1.07 bits per heavy atom. The van der Waals surface area contributed by atoms with Crippen molar-refractivity contribution in [3.63, 3.8) is 0 Å². The number of rotatable bonds is 6. The molecule has 0 N–H and O–H groups in total. The lowest BCUT2D eigenvalue weighted by atomic mass is 10.1. The summed E-state index contributed by atoms with van der Waals surface area (Å²) < 4.78 is 32.6. The minimum absolute atomic E-state index is 0. The Morgan fingerprint density at radius 2 is 1.68 bits per heavy atom. The summed E-state index contributed by atoms with van der Waals surface area (Å²) in [5.74, 6) is -0.121. The number of thiazole rings is 1. The third-order valence-corrected chi connectivity index (χ3v) is 6.49. The molecule has 3 aromatic rings. The van der Waals surface area contributed by atoms with Crippen molar-refractivity contribution in [2.45, 2.75) is 32.2 Å². The molecule has 0 fully saturated rings. The predicted molar refractivity (Wildman–Crippen MR) is 104 cm³/mol. The first-order valence-electron chi connectivity index (χ1n) is 8.35. The van der Waals surface area contributed by atoms with E-state index in [-0.39, 0.29) is 39.4 Å². The highest BCUT2D eigenvalue weighted by Crippen LogP contribution is 2.26. The normalized spacial score (nSPS) is 11.0. The van der Waals surface area contributed by atoms with Crippen LogP contribution in [-0.2, 0) is 16.7 Å². The molecule has 0 aliphatic carbocycles. The van der Waals surface area contributed by atoms with Gasteiger partial charge in [-0.3, -0.25) is 4.79 Å². The van der Waals surface area contributed by atoms with E-state index in [1.165, 1.54) is 4.57 Å². The van der Waals surface area contributed by atoms with Crippen LogP contribution in [0.4, 0.5) is 0 Å². The molecule has 2 aromatic carbocycles. The molecule has 0 saturated carbocycles. The van der Waals surface area contributed by atoms with E-state index in [1.54, 1.807) is 49.7 Å². The van der Waals surface area contributed by atoms with Crippen LogP contribution in [0.15, 0.2) is 58.9 Å². The van der Waals surface area contributed by atoms with Gasteiger partial charge in [0.05, 0.1) is 5.38 Å². The van der Waals surface area contributed by atoms with Crippen LogP contribution in [-0.4, -0.2) is 14.2 Å². The number of Topliss-reactive ketones (excluding diaryl/α,β-unsaturated/α-hetero) is 1. The van der Waals surface area contributed by atoms with Crippen LogP contribution in [0, 0.1) is 20.8 Å². The van der Waals surface area contributed by atoms with Crippen molar-refractivity contribution in [1.29, 1.82) is 0 Å². The van der Waals surface area contributed by atoms with Crippen LogP contribution in [0.1, 0.15) is 27.0 Å². The van der Waals surface area contributed by atoms with Gasteiger partial charge in [0.25, 0.3) is 0 Å². The molecule has 0 unspecified atom stereocenters. The Bertz CT molecular complexity index is 1070. The summed E-state index contributed by atoms with van der Waals surface area (Å²) in [6.07, 6.45) is 1.64. The van der Waals surface area contributed by atoms with Crippen molar-refractivity contribution in [1.82, 2.24) is 0 Å². The first-order valence-corrected chi connectivity index (χ1v) is 10.6. The summed E-state index contributed by atoms with van der Waals surface area (Å²) in [6, 6.07) is 12.5. The Balaban J connectivity index is 0.00000280. The number of benzene rings is 2. The molecule has 0 amide bonds. The standard InChI is InChI=1S/C20H20NO4S2.BrH/c1-14-11-15(2)19(16(3)12-14)27(23,24)25-20-21(9-10-26-20)13-18(22)17-7-5-4-6-8-17;/h4-12H,13H2,1-3H3;1H/q+1;/p-1. The van der Waals surface area contributed by atoms with Gasteiger partial charge in [-0.2, -0.15) is 8.42 Å². The van der Waals surface area contributed by atoms with Crippen molar-refractivity contribution >= 4 is 27.2 Å². The van der Waals surface area contributed by atoms with Crippen molar-refractivity contribution in [3.8, 4) is 5.19 Å². The monoisotopic (exact) mass is 481 g/mol. The largest absolute Gasteiger partial charge is 1.00 e. The molecule has 28 heavy (non-hydrogen) atoms. The third-order valence-electron chi connectivity index (χ3n) is 4.09. The molecule has 5 nitrogen and oxygen atoms in total. The van der Waals surface area contributed by atoms with E-state index in [1.807, 2.05) is 25.1 Å². The van der Waals surface area contributed by atoms with Crippen LogP contribution in [0.25, 0.3) is 0 Å². The van der Waals surface area contributed by atoms with Crippen molar-refractivity contribution in [3.05, 3.63) is 76.3 Å². The SMILES string of the molecule is Cc1cc(C)c(S(=O)(=O)Oc2scc[n+]2CC(=O)c2ccccc2)c(C)c1.[Br-]. The van der Waals surface area contributed by atoms with Crippen molar-refractivity contribution in [2.24, 2.45) is 0 Å². The van der Waals surface area contributed by atoms with Crippen molar-refractivity contribution < 1.29 is 38.9 Å². The van der Waals surface area contributed by atoms with Gasteiger partial charge in [0, 0.05) is 5.56 Å². The number of hydrogen-bond donors (Lipinski definition) is 0. The van der Waals surface area contributed by atoms with Gasteiger partial charge in [0.15, 0.2) is 6.20 Å². The molecular weight excluding hydrogens is 462 g/mol. The van der Waals surface area contributed by atoms with E-state index < -0.39 is 10.1 Å². The number of carbonyl (C=O) groups is 1. The summed E-state index contributed by atoms with van der Waals surface area (Å²) >= 11 is 1.13. The van der Waals surface area contributed by atoms with Gasteiger partial charge < -0.3 is 21.2 Å². The first kappa shape index (κ1) is 22.3. The minimum atomic E-state index is -4.01. The fourth-order valence-electron chi connectivity index (χ4n) is 3.04. The van der Waals surface area contributed by atoms with Gasteiger partial charge >= 0.3 is 15.3 Å². The fraction of sp³-hybridized carbons (Fsp3) is 0.200. The second kappa shape index (κ2) is 8.98. The number of ketones is 1. The average molecular weight is 482 g/mol. The Hall–Kier alpha value is -2.03. The smallest absolute Gasteiger partial charge is 0.446 e. The Morgan fingerprint density at radius 3 is 2.29 bits per heavy atom. The topological polar surface area (TPSA) is 64.3 Å². The summed E-state index contributed by atoms with van der Waals surface area (Å²) in [5.41, 5.74) is 2.82. The summed E-state index contributed by atoms with van der Waals surface area (Å²) in [6.45, 7) is 5.42. The van der Waals surface area contributed by atoms with E-state index >= 15 is 0 Å². The Kier molecular flexibility index (Phi) is 7.14. The molecule has 0 saturated heterocycles. The minimum Gasteiger partial charge on any atom is -1.00 e. The van der Waals surface area contributed by atoms with E-state index in [4.69, 9.17) is 4.18 Å². The third kappa shape index (κ3) is 4.87. The van der Waals surface area contributed by atoms with Gasteiger partial charge in [-0.15, -0.1) is 4.57 Å². The zero-order valence-electron chi connectivity index (χ0n) is 15.7. The molecule has 0 atom stereocenters. The molecule has 0 bridgehead atoms. The van der Waals surface area contributed by atoms with Gasteiger partial charge in [0.1, 0.15) is 4.90 Å². The number of aromatic nitrogens is 1. The highest BCUT2D eigenvalue weighted by Gasteiger charge is 2.28. The predicted octanol–water partition coefficient (Wildman–Crippen LogP) is 0.615. The van der Waals surface area contributed by atoms with Crippen LogP contribution >= 0.6 is 11.3 Å². The lowest BCUT2D eigenvalue weighted by Gasteiger charge is -2.10. The fourth-order valence-corrected chi connectivity index (χ4v) is 5.33. The van der Waals surface area contributed by atoms with E-state index in [0.717, 1.165) is 16.9 Å². The van der Waals surface area contributed by atoms with Crippen LogP contribution < -0.4 is 25.7 Å². The molecule has 3 rings (SSSR count). The lowest BCUT2D eigenvalue weighted by Crippen LogP contribution is -3.00. The number of halogens is 1. The van der Waals surface area contributed by atoms with Gasteiger partial charge in [-0.1, -0.05) is 48.0 Å². The number of hydrogen-bond acceptors (Lipinski definition) is 5. The molecular formula is C20H20BrNO4S2. The maximum atomic E-state index is 12.8. The number of nitrogens with zero attached hydrogens (tertiary/aromatic N) is 1. The van der Waals surface area contributed by atoms with Gasteiger partial charge in [0.2, 0.25) is 12.3 Å². The zero-order chi connectivity index (χ0) is 19.6. The highest BCUT2D eigenvalue weighted by molar-refractivity contribution is 7.87. The second-order valence-corrected chi connectivity index (χ2v) is 8.69. The van der Waals surface area contributed by atoms with E-state index in [2.05, 4.69) is 0 Å². The van der Waals surface area contributed by atoms with E-state index in [9.17, 15) is 13.2 Å². The highest BCUT2D eigenvalue weighted by atomic mass is 79.9. The molecule has 0 aliphatic heterocycles. The van der Waals surface area contributed by atoms with Crippen LogP contribution in [0.3, 0.4) is 0 Å². The van der Waals surface area contributed by atoms with Crippen molar-refractivity contribution in [2.75, 3.05) is 0 Å². The van der Waals surface area contributed by atoms with Crippen LogP contribution in [0.5, 0.6) is 5.19 Å². The number of aryl methyl sites for hydroxylation is 3. The Labute approximate surface area is 179 Å². The maximum absolute atomic E-state index is 12.8. The second-order valence-electron chi connectivity index (χ2n) is 6.35. The molecule has 0 spiro atoms. The molecule has 1 heterocycles. The summed E-state index contributed by atoms with van der Waals surface area (Å²) in [4.78, 5) is 12.6. The molecule has 148 valence electrons. The molecule has 0 aliphatic rings. The molecule has 8 heteroatoms. The summed E-state index contributed by atoms with van der Waals surface area (Å²) in [7, 11) is -4.01. The quantitative estimate of drug-likeness (QED) is 0.294. The van der Waals surface area contributed by atoms with Gasteiger partial charge in [-0.25, -0.2) is 0 Å². The number of carbonyl (C=O) groups excluding carboxylic acids is 1. The lowest BCUT2D eigenvalue weighted by molar-refractivity contribution is -0.681.